The van der Waals surface area contributed by atoms with Crippen LogP contribution in [0.1, 0.15) is 18.1 Å². The fourth-order valence-corrected chi connectivity index (χ4v) is 3.62. The van der Waals surface area contributed by atoms with Crippen LogP contribution in [0.25, 0.3) is 5.57 Å². The zero-order valence-corrected chi connectivity index (χ0v) is 18.1. The molecule has 0 saturated carbocycles. The van der Waals surface area contributed by atoms with Crippen molar-refractivity contribution in [2.75, 3.05) is 17.3 Å². The van der Waals surface area contributed by atoms with Crippen molar-refractivity contribution in [3.05, 3.63) is 99.7 Å². The number of benzene rings is 3. The Bertz CT molecular complexity index is 1260. The van der Waals surface area contributed by atoms with Gasteiger partial charge in [-0.1, -0.05) is 25.1 Å². The van der Waals surface area contributed by atoms with Gasteiger partial charge in [-0.05, 0) is 53.9 Å². The van der Waals surface area contributed by atoms with Gasteiger partial charge in [0.15, 0.2) is 0 Å². The largest absolute Gasteiger partial charge is 0.497 e. The SMILES string of the molecule is CCc1ccc(NC2=C(c3ccc([N+](=O)[O-])cc3)C(=O)N(c3cccc(OC)c3)C2=O)cc1. The normalized spacial score (nSPS) is 13.5. The second kappa shape index (κ2) is 8.96. The van der Waals surface area contributed by atoms with Crippen LogP contribution < -0.4 is 15.0 Å². The van der Waals surface area contributed by atoms with E-state index in [9.17, 15) is 19.7 Å². The molecule has 0 aromatic heterocycles. The van der Waals surface area contributed by atoms with E-state index in [1.54, 1.807) is 24.3 Å². The molecule has 1 aliphatic heterocycles. The number of nitrogens with zero attached hydrogens (tertiary/aromatic N) is 2. The number of aryl methyl sites for hydroxylation is 1. The van der Waals surface area contributed by atoms with E-state index in [-0.39, 0.29) is 17.0 Å². The van der Waals surface area contributed by atoms with Gasteiger partial charge in [0.1, 0.15) is 11.4 Å². The number of carbonyl (C=O) groups is 2. The predicted octanol–water partition coefficient (Wildman–Crippen LogP) is 4.56. The van der Waals surface area contributed by atoms with Crippen LogP contribution in [0.15, 0.2) is 78.5 Å². The molecular formula is C25H21N3O5. The number of carbonyl (C=O) groups excluding carboxylic acids is 2. The van der Waals surface area contributed by atoms with E-state index < -0.39 is 16.7 Å². The molecule has 0 aliphatic carbocycles. The van der Waals surface area contributed by atoms with Crippen LogP contribution in [-0.4, -0.2) is 23.8 Å². The number of ether oxygens (including phenoxy) is 1. The summed E-state index contributed by atoms with van der Waals surface area (Å²) in [6.45, 7) is 2.04. The van der Waals surface area contributed by atoms with E-state index in [0.29, 0.717) is 22.7 Å². The highest BCUT2D eigenvalue weighted by Gasteiger charge is 2.40. The van der Waals surface area contributed by atoms with Crippen LogP contribution in [-0.2, 0) is 16.0 Å². The maximum atomic E-state index is 13.5. The summed E-state index contributed by atoms with van der Waals surface area (Å²) in [7, 11) is 1.50. The summed E-state index contributed by atoms with van der Waals surface area (Å²) >= 11 is 0. The Morgan fingerprint density at radius 2 is 1.67 bits per heavy atom. The summed E-state index contributed by atoms with van der Waals surface area (Å²) in [4.78, 5) is 38.5. The van der Waals surface area contributed by atoms with Gasteiger partial charge in [-0.2, -0.15) is 0 Å². The van der Waals surface area contributed by atoms with Gasteiger partial charge in [-0.3, -0.25) is 19.7 Å². The number of anilines is 2. The Morgan fingerprint density at radius 1 is 0.970 bits per heavy atom. The van der Waals surface area contributed by atoms with Gasteiger partial charge in [0.05, 0.1) is 23.3 Å². The van der Waals surface area contributed by atoms with Crippen molar-refractivity contribution < 1.29 is 19.2 Å². The van der Waals surface area contributed by atoms with E-state index in [1.165, 1.54) is 31.4 Å². The highest BCUT2D eigenvalue weighted by molar-refractivity contribution is 6.46. The summed E-state index contributed by atoms with van der Waals surface area (Å²) in [6, 6.07) is 19.8. The molecule has 3 aromatic carbocycles. The summed E-state index contributed by atoms with van der Waals surface area (Å²) < 4.78 is 5.23. The van der Waals surface area contributed by atoms with Crippen LogP contribution >= 0.6 is 0 Å². The number of hydrogen-bond donors (Lipinski definition) is 1. The Hall–Kier alpha value is -4.46. The molecule has 0 radical (unpaired) electrons. The van der Waals surface area contributed by atoms with Crippen molar-refractivity contribution in [1.82, 2.24) is 0 Å². The molecule has 1 N–H and O–H groups in total. The summed E-state index contributed by atoms with van der Waals surface area (Å²) in [5.74, 6) is -0.558. The van der Waals surface area contributed by atoms with Crippen molar-refractivity contribution in [3.63, 3.8) is 0 Å². The fourth-order valence-electron chi connectivity index (χ4n) is 3.62. The van der Waals surface area contributed by atoms with Crippen LogP contribution in [0.4, 0.5) is 17.1 Å². The number of hydrogen-bond acceptors (Lipinski definition) is 6. The number of nitro benzene ring substituents is 1. The molecule has 0 fully saturated rings. The first kappa shape index (κ1) is 21.8. The monoisotopic (exact) mass is 443 g/mol. The maximum Gasteiger partial charge on any atom is 0.282 e. The van der Waals surface area contributed by atoms with Gasteiger partial charge in [-0.15, -0.1) is 0 Å². The molecule has 4 rings (SSSR count). The maximum absolute atomic E-state index is 13.5. The standard InChI is InChI=1S/C25H21N3O5/c1-3-16-7-11-18(12-8-16)26-23-22(17-9-13-19(14-10-17)28(31)32)24(29)27(25(23)30)20-5-4-6-21(15-20)33-2/h4-15,26H,3H2,1-2H3. The molecule has 0 unspecified atom stereocenters. The zero-order chi connectivity index (χ0) is 23.5. The fraction of sp³-hybridized carbons (Fsp3) is 0.120. The molecule has 1 aliphatic rings. The van der Waals surface area contributed by atoms with Crippen molar-refractivity contribution in [1.29, 1.82) is 0 Å². The second-order valence-electron chi connectivity index (χ2n) is 7.38. The Labute approximate surface area is 190 Å². The highest BCUT2D eigenvalue weighted by atomic mass is 16.6. The van der Waals surface area contributed by atoms with E-state index >= 15 is 0 Å². The highest BCUT2D eigenvalue weighted by Crippen LogP contribution is 2.35. The summed E-state index contributed by atoms with van der Waals surface area (Å²) in [5.41, 5.74) is 2.68. The first-order valence-electron chi connectivity index (χ1n) is 10.3. The van der Waals surface area contributed by atoms with Gasteiger partial charge in [0, 0.05) is 23.9 Å². The molecule has 33 heavy (non-hydrogen) atoms. The lowest BCUT2D eigenvalue weighted by Gasteiger charge is -2.16. The third kappa shape index (κ3) is 4.18. The number of imide groups is 1. The van der Waals surface area contributed by atoms with E-state index in [0.717, 1.165) is 16.9 Å². The first-order valence-corrected chi connectivity index (χ1v) is 10.3. The number of methoxy groups -OCH3 is 1. The quantitative estimate of drug-likeness (QED) is 0.326. The molecule has 8 nitrogen and oxygen atoms in total. The van der Waals surface area contributed by atoms with Gasteiger partial charge in [0.2, 0.25) is 0 Å². The van der Waals surface area contributed by atoms with Gasteiger partial charge >= 0.3 is 0 Å². The molecule has 1 heterocycles. The lowest BCUT2D eigenvalue weighted by atomic mass is 10.0. The number of non-ortho nitro benzene ring substituents is 1. The minimum Gasteiger partial charge on any atom is -0.497 e. The molecule has 0 spiro atoms. The lowest BCUT2D eigenvalue weighted by molar-refractivity contribution is -0.384. The number of nitro groups is 1. The van der Waals surface area contributed by atoms with Crippen LogP contribution in [0, 0.1) is 10.1 Å². The Kier molecular flexibility index (Phi) is 5.91. The van der Waals surface area contributed by atoms with Crippen molar-refractivity contribution in [3.8, 4) is 5.75 Å². The number of nitrogens with one attached hydrogen (secondary N) is 1. The molecule has 3 aromatic rings. The average molecular weight is 443 g/mol. The van der Waals surface area contributed by atoms with Crippen LogP contribution in [0.3, 0.4) is 0 Å². The zero-order valence-electron chi connectivity index (χ0n) is 18.1. The minimum absolute atomic E-state index is 0.0981. The molecule has 0 atom stereocenters. The summed E-state index contributed by atoms with van der Waals surface area (Å²) in [6.07, 6.45) is 0.873. The van der Waals surface area contributed by atoms with Crippen LogP contribution in [0.2, 0.25) is 0 Å². The van der Waals surface area contributed by atoms with Gasteiger partial charge in [0.25, 0.3) is 17.5 Å². The molecular weight excluding hydrogens is 422 g/mol. The molecule has 8 heteroatoms. The Morgan fingerprint density at radius 3 is 2.27 bits per heavy atom. The van der Waals surface area contributed by atoms with Crippen molar-refractivity contribution >= 4 is 34.4 Å². The molecule has 166 valence electrons. The predicted molar refractivity (Wildman–Crippen MR) is 125 cm³/mol. The Balaban J connectivity index is 1.79. The molecule has 0 saturated heterocycles. The lowest BCUT2D eigenvalue weighted by Crippen LogP contribution is -2.32. The van der Waals surface area contributed by atoms with Crippen molar-refractivity contribution in [2.45, 2.75) is 13.3 Å². The van der Waals surface area contributed by atoms with Crippen LogP contribution in [0.5, 0.6) is 5.75 Å². The van der Waals surface area contributed by atoms with Gasteiger partial charge in [-0.25, -0.2) is 4.90 Å². The molecule has 2 amide bonds. The topological polar surface area (TPSA) is 102 Å². The third-order valence-electron chi connectivity index (χ3n) is 5.39. The number of rotatable bonds is 7. The number of amides is 2. The molecule has 0 bridgehead atoms. The second-order valence-corrected chi connectivity index (χ2v) is 7.38. The van der Waals surface area contributed by atoms with Gasteiger partial charge < -0.3 is 10.1 Å². The average Bonchev–Trinajstić information content (AvgIpc) is 3.08. The third-order valence-corrected chi connectivity index (χ3v) is 5.39. The van der Waals surface area contributed by atoms with E-state index in [4.69, 9.17) is 4.74 Å². The van der Waals surface area contributed by atoms with E-state index in [2.05, 4.69) is 5.32 Å². The summed E-state index contributed by atoms with van der Waals surface area (Å²) in [5, 5.41) is 14.1. The van der Waals surface area contributed by atoms with E-state index in [1.807, 2.05) is 31.2 Å². The smallest absolute Gasteiger partial charge is 0.282 e. The minimum atomic E-state index is -0.533. The first-order chi connectivity index (χ1) is 15.9. The van der Waals surface area contributed by atoms with Crippen molar-refractivity contribution in [2.24, 2.45) is 0 Å².